The van der Waals surface area contributed by atoms with Gasteiger partial charge in [0.1, 0.15) is 6.04 Å². The molecule has 0 radical (unpaired) electrons. The van der Waals surface area contributed by atoms with E-state index in [0.29, 0.717) is 13.0 Å². The Bertz CT molecular complexity index is 372. The third-order valence-corrected chi connectivity index (χ3v) is 2.75. The summed E-state index contributed by atoms with van der Waals surface area (Å²) in [5.74, 6) is -0.774. The molecule has 1 aromatic heterocycles. The van der Waals surface area contributed by atoms with Gasteiger partial charge in [-0.25, -0.2) is 4.98 Å². The molecule has 14 heavy (non-hydrogen) atoms. The lowest BCUT2D eigenvalue weighted by atomic mass is 10.0. The van der Waals surface area contributed by atoms with Gasteiger partial charge in [-0.05, 0) is 7.05 Å². The van der Waals surface area contributed by atoms with E-state index in [1.54, 1.807) is 6.33 Å². The van der Waals surface area contributed by atoms with Crippen LogP contribution in [0.1, 0.15) is 11.4 Å². The zero-order valence-corrected chi connectivity index (χ0v) is 8.27. The standard InChI is InChI=1S/C9H13N3O2/c1-11-4-8-6(10-5-12(8)2)3-7(11)9(13)14/h5,7H,3-4H2,1-2H3,(H,13,14). The highest BCUT2D eigenvalue weighted by Crippen LogP contribution is 2.20. The quantitative estimate of drug-likeness (QED) is 0.677. The van der Waals surface area contributed by atoms with E-state index in [0.717, 1.165) is 11.4 Å². The second-order valence-corrected chi connectivity index (χ2v) is 3.72. The second-order valence-electron chi connectivity index (χ2n) is 3.72. The molecule has 0 spiro atoms. The van der Waals surface area contributed by atoms with E-state index in [2.05, 4.69) is 4.98 Å². The summed E-state index contributed by atoms with van der Waals surface area (Å²) in [4.78, 5) is 16.9. The van der Waals surface area contributed by atoms with Gasteiger partial charge in [0, 0.05) is 20.0 Å². The average Bonchev–Trinajstić information content (AvgIpc) is 2.46. The number of nitrogens with zero attached hydrogens (tertiary/aromatic N) is 3. The number of fused-ring (bicyclic) bond motifs is 1. The normalized spacial score (nSPS) is 22.0. The number of aromatic nitrogens is 2. The molecule has 2 heterocycles. The number of carboxylic acids is 1. The first-order valence-corrected chi connectivity index (χ1v) is 4.51. The summed E-state index contributed by atoms with van der Waals surface area (Å²) in [6, 6.07) is -0.433. The van der Waals surface area contributed by atoms with E-state index in [-0.39, 0.29) is 0 Å². The SMILES string of the molecule is CN1Cc2c(ncn2C)CC1C(=O)O. The van der Waals surface area contributed by atoms with E-state index in [1.807, 2.05) is 23.6 Å². The number of aryl methyl sites for hydroxylation is 1. The van der Waals surface area contributed by atoms with Crippen LogP contribution in [0.2, 0.25) is 0 Å². The fourth-order valence-electron chi connectivity index (χ4n) is 1.84. The van der Waals surface area contributed by atoms with Crippen molar-refractivity contribution in [1.29, 1.82) is 0 Å². The minimum absolute atomic E-state index is 0.433. The van der Waals surface area contributed by atoms with Crippen molar-refractivity contribution in [2.75, 3.05) is 7.05 Å². The maximum Gasteiger partial charge on any atom is 0.321 e. The number of aliphatic carboxylic acids is 1. The summed E-state index contributed by atoms with van der Waals surface area (Å²) in [5.41, 5.74) is 2.03. The molecule has 0 amide bonds. The summed E-state index contributed by atoms with van der Waals surface area (Å²) in [6.45, 7) is 0.656. The van der Waals surface area contributed by atoms with Gasteiger partial charge in [-0.2, -0.15) is 0 Å². The van der Waals surface area contributed by atoms with Gasteiger partial charge in [-0.3, -0.25) is 9.69 Å². The molecule has 1 unspecified atom stereocenters. The summed E-state index contributed by atoms with van der Waals surface area (Å²) < 4.78 is 1.95. The highest BCUT2D eigenvalue weighted by atomic mass is 16.4. The smallest absolute Gasteiger partial charge is 0.321 e. The van der Waals surface area contributed by atoms with E-state index < -0.39 is 12.0 Å². The average molecular weight is 195 g/mol. The van der Waals surface area contributed by atoms with Crippen LogP contribution in [0.4, 0.5) is 0 Å². The molecule has 1 N–H and O–H groups in total. The molecule has 0 bridgehead atoms. The number of hydrogen-bond acceptors (Lipinski definition) is 3. The van der Waals surface area contributed by atoms with Crippen LogP contribution >= 0.6 is 0 Å². The van der Waals surface area contributed by atoms with Crippen LogP contribution in [-0.2, 0) is 24.8 Å². The number of likely N-dealkylation sites (N-methyl/N-ethyl adjacent to an activating group) is 1. The van der Waals surface area contributed by atoms with Crippen molar-refractivity contribution in [2.24, 2.45) is 7.05 Å². The van der Waals surface area contributed by atoms with Gasteiger partial charge < -0.3 is 9.67 Å². The van der Waals surface area contributed by atoms with Gasteiger partial charge in [0.05, 0.1) is 17.7 Å². The van der Waals surface area contributed by atoms with Gasteiger partial charge in [-0.15, -0.1) is 0 Å². The molecule has 5 nitrogen and oxygen atoms in total. The van der Waals surface area contributed by atoms with E-state index in [4.69, 9.17) is 5.11 Å². The molecule has 0 aromatic carbocycles. The van der Waals surface area contributed by atoms with Gasteiger partial charge in [-0.1, -0.05) is 0 Å². The molecule has 76 valence electrons. The molecule has 1 atom stereocenters. The van der Waals surface area contributed by atoms with Crippen molar-refractivity contribution in [3.8, 4) is 0 Å². The molecule has 0 fully saturated rings. The van der Waals surface area contributed by atoms with Crippen LogP contribution in [0.3, 0.4) is 0 Å². The Labute approximate surface area is 82.0 Å². The molecular weight excluding hydrogens is 182 g/mol. The van der Waals surface area contributed by atoms with Gasteiger partial charge in [0.15, 0.2) is 0 Å². The molecule has 1 aliphatic rings. The summed E-state index contributed by atoms with van der Waals surface area (Å²) in [5, 5.41) is 8.96. The maximum absolute atomic E-state index is 10.9. The number of carboxylic acid groups (broad SMARTS) is 1. The second kappa shape index (κ2) is 3.09. The Hall–Kier alpha value is -1.36. The molecular formula is C9H13N3O2. The number of carbonyl (C=O) groups is 1. The van der Waals surface area contributed by atoms with Gasteiger partial charge in [0.2, 0.25) is 0 Å². The predicted molar refractivity (Wildman–Crippen MR) is 49.8 cm³/mol. The summed E-state index contributed by atoms with van der Waals surface area (Å²) >= 11 is 0. The molecule has 1 aliphatic heterocycles. The first kappa shape index (κ1) is 9.21. The third kappa shape index (κ3) is 1.29. The van der Waals surface area contributed by atoms with E-state index in [1.165, 1.54) is 0 Å². The van der Waals surface area contributed by atoms with E-state index >= 15 is 0 Å². The molecule has 2 rings (SSSR count). The summed E-state index contributed by atoms with van der Waals surface area (Å²) in [7, 11) is 3.76. The van der Waals surface area contributed by atoms with Crippen molar-refractivity contribution in [2.45, 2.75) is 19.0 Å². The minimum Gasteiger partial charge on any atom is -0.480 e. The van der Waals surface area contributed by atoms with Crippen molar-refractivity contribution in [3.05, 3.63) is 17.7 Å². The highest BCUT2D eigenvalue weighted by molar-refractivity contribution is 5.74. The number of hydrogen-bond donors (Lipinski definition) is 1. The predicted octanol–water partition coefficient (Wildman–Crippen LogP) is -0.139. The fraction of sp³-hybridized carbons (Fsp3) is 0.556. The first-order valence-electron chi connectivity index (χ1n) is 4.51. The zero-order valence-electron chi connectivity index (χ0n) is 8.27. The maximum atomic E-state index is 10.9. The minimum atomic E-state index is -0.774. The lowest BCUT2D eigenvalue weighted by Gasteiger charge is -2.29. The van der Waals surface area contributed by atoms with Gasteiger partial charge >= 0.3 is 5.97 Å². The Morgan fingerprint density at radius 1 is 1.64 bits per heavy atom. The van der Waals surface area contributed by atoms with Crippen molar-refractivity contribution < 1.29 is 9.90 Å². The molecule has 5 heteroatoms. The van der Waals surface area contributed by atoms with Crippen molar-refractivity contribution in [1.82, 2.24) is 14.5 Å². The van der Waals surface area contributed by atoms with Crippen LogP contribution in [-0.4, -0.2) is 38.6 Å². The zero-order chi connectivity index (χ0) is 10.3. The van der Waals surface area contributed by atoms with Crippen LogP contribution in [0.5, 0.6) is 0 Å². The Morgan fingerprint density at radius 3 is 3.00 bits per heavy atom. The lowest BCUT2D eigenvalue weighted by molar-refractivity contribution is -0.143. The Morgan fingerprint density at radius 2 is 2.36 bits per heavy atom. The van der Waals surface area contributed by atoms with Crippen LogP contribution in [0.15, 0.2) is 6.33 Å². The van der Waals surface area contributed by atoms with Gasteiger partial charge in [0.25, 0.3) is 0 Å². The first-order chi connectivity index (χ1) is 6.59. The third-order valence-electron chi connectivity index (χ3n) is 2.75. The molecule has 0 aliphatic carbocycles. The van der Waals surface area contributed by atoms with Crippen LogP contribution < -0.4 is 0 Å². The van der Waals surface area contributed by atoms with Crippen molar-refractivity contribution >= 4 is 5.97 Å². The Kier molecular flexibility index (Phi) is 2.03. The topological polar surface area (TPSA) is 58.4 Å². The number of imidazole rings is 1. The molecule has 0 saturated carbocycles. The van der Waals surface area contributed by atoms with Crippen LogP contribution in [0, 0.1) is 0 Å². The Balaban J connectivity index is 2.32. The van der Waals surface area contributed by atoms with Crippen molar-refractivity contribution in [3.63, 3.8) is 0 Å². The molecule has 0 saturated heterocycles. The lowest BCUT2D eigenvalue weighted by Crippen LogP contribution is -2.43. The van der Waals surface area contributed by atoms with Crippen LogP contribution in [0.25, 0.3) is 0 Å². The van der Waals surface area contributed by atoms with E-state index in [9.17, 15) is 4.79 Å². The highest BCUT2D eigenvalue weighted by Gasteiger charge is 2.30. The monoisotopic (exact) mass is 195 g/mol. The fourth-order valence-corrected chi connectivity index (χ4v) is 1.84. The molecule has 1 aromatic rings. The summed E-state index contributed by atoms with van der Waals surface area (Å²) in [6.07, 6.45) is 2.24. The number of rotatable bonds is 1. The largest absolute Gasteiger partial charge is 0.480 e.